The van der Waals surface area contributed by atoms with Crippen molar-refractivity contribution in [3.05, 3.63) is 26.7 Å². The number of aromatic nitrogens is 4. The standard InChI is InChI=1S/C14H20N4O3/c1-17-13(20)11-12(16-10(8-19)15-11)18(14(17)21)7-9-5-3-2-4-6-9/h9,19H,2-8H2,1H3,(H,15,16). The Morgan fingerprint density at radius 3 is 2.67 bits per heavy atom. The van der Waals surface area contributed by atoms with Gasteiger partial charge in [0.25, 0.3) is 5.56 Å². The topological polar surface area (TPSA) is 92.9 Å². The molecule has 1 fully saturated rings. The maximum atomic E-state index is 12.4. The summed E-state index contributed by atoms with van der Waals surface area (Å²) in [5.74, 6) is 0.761. The van der Waals surface area contributed by atoms with Crippen LogP contribution in [0.5, 0.6) is 0 Å². The fraction of sp³-hybridized carbons (Fsp3) is 0.643. The van der Waals surface area contributed by atoms with Crippen molar-refractivity contribution in [2.45, 2.75) is 45.3 Å². The van der Waals surface area contributed by atoms with E-state index in [2.05, 4.69) is 9.97 Å². The average Bonchev–Trinajstić information content (AvgIpc) is 2.95. The van der Waals surface area contributed by atoms with E-state index < -0.39 is 5.56 Å². The molecule has 2 aromatic heterocycles. The molecule has 0 spiro atoms. The Morgan fingerprint density at radius 1 is 1.29 bits per heavy atom. The molecule has 0 atom stereocenters. The minimum absolute atomic E-state index is 0.282. The van der Waals surface area contributed by atoms with E-state index in [1.54, 1.807) is 4.57 Å². The molecular weight excluding hydrogens is 272 g/mol. The molecule has 2 heterocycles. The largest absolute Gasteiger partial charge is 0.388 e. The highest BCUT2D eigenvalue weighted by atomic mass is 16.3. The Kier molecular flexibility index (Phi) is 3.67. The van der Waals surface area contributed by atoms with Crippen LogP contribution in [-0.2, 0) is 20.2 Å². The number of hydrogen-bond acceptors (Lipinski definition) is 4. The molecule has 21 heavy (non-hydrogen) atoms. The summed E-state index contributed by atoms with van der Waals surface area (Å²) in [6, 6.07) is 0. The molecular formula is C14H20N4O3. The summed E-state index contributed by atoms with van der Waals surface area (Å²) < 4.78 is 2.67. The lowest BCUT2D eigenvalue weighted by Crippen LogP contribution is -2.39. The van der Waals surface area contributed by atoms with Crippen LogP contribution in [0.2, 0.25) is 0 Å². The lowest BCUT2D eigenvalue weighted by atomic mass is 9.89. The van der Waals surface area contributed by atoms with Crippen molar-refractivity contribution >= 4 is 11.2 Å². The number of fused-ring (bicyclic) bond motifs is 1. The number of nitrogens with one attached hydrogen (secondary N) is 1. The van der Waals surface area contributed by atoms with Crippen LogP contribution in [0.15, 0.2) is 9.59 Å². The van der Waals surface area contributed by atoms with Crippen LogP contribution in [0.25, 0.3) is 11.2 Å². The van der Waals surface area contributed by atoms with E-state index in [4.69, 9.17) is 0 Å². The van der Waals surface area contributed by atoms with Gasteiger partial charge in [0.2, 0.25) is 0 Å². The predicted molar refractivity (Wildman–Crippen MR) is 78.1 cm³/mol. The molecule has 1 aliphatic rings. The van der Waals surface area contributed by atoms with Crippen molar-refractivity contribution in [3.8, 4) is 0 Å². The van der Waals surface area contributed by atoms with E-state index in [0.29, 0.717) is 23.9 Å². The summed E-state index contributed by atoms with van der Waals surface area (Å²) in [6.45, 7) is 0.300. The maximum absolute atomic E-state index is 12.4. The van der Waals surface area contributed by atoms with E-state index in [9.17, 15) is 14.7 Å². The number of hydrogen-bond donors (Lipinski definition) is 2. The van der Waals surface area contributed by atoms with Gasteiger partial charge in [0, 0.05) is 13.6 Å². The van der Waals surface area contributed by atoms with Crippen molar-refractivity contribution in [1.82, 2.24) is 19.1 Å². The lowest BCUT2D eigenvalue weighted by Gasteiger charge is -2.22. The quantitative estimate of drug-likeness (QED) is 0.861. The zero-order valence-electron chi connectivity index (χ0n) is 12.1. The van der Waals surface area contributed by atoms with Crippen molar-refractivity contribution in [2.24, 2.45) is 13.0 Å². The first-order valence-corrected chi connectivity index (χ1v) is 7.41. The van der Waals surface area contributed by atoms with Crippen LogP contribution >= 0.6 is 0 Å². The Hall–Kier alpha value is -1.89. The number of aliphatic hydroxyl groups excluding tert-OH is 1. The molecule has 0 saturated heterocycles. The second-order valence-electron chi connectivity index (χ2n) is 5.80. The molecule has 0 aromatic carbocycles. The third-order valence-electron chi connectivity index (χ3n) is 4.34. The van der Waals surface area contributed by atoms with Gasteiger partial charge in [-0.1, -0.05) is 19.3 Å². The van der Waals surface area contributed by atoms with Crippen molar-refractivity contribution in [3.63, 3.8) is 0 Å². The zero-order valence-corrected chi connectivity index (χ0v) is 12.1. The van der Waals surface area contributed by atoms with Gasteiger partial charge in [-0.25, -0.2) is 9.78 Å². The zero-order chi connectivity index (χ0) is 15.0. The monoisotopic (exact) mass is 292 g/mol. The van der Waals surface area contributed by atoms with Gasteiger partial charge in [-0.3, -0.25) is 13.9 Å². The van der Waals surface area contributed by atoms with Gasteiger partial charge in [0.15, 0.2) is 5.65 Å². The minimum Gasteiger partial charge on any atom is -0.388 e. The number of aliphatic hydroxyl groups is 1. The molecule has 114 valence electrons. The molecule has 2 aromatic rings. The van der Waals surface area contributed by atoms with Crippen LogP contribution in [0.4, 0.5) is 0 Å². The summed E-state index contributed by atoms with van der Waals surface area (Å²) in [7, 11) is 1.47. The van der Waals surface area contributed by atoms with Gasteiger partial charge in [0.1, 0.15) is 17.9 Å². The van der Waals surface area contributed by atoms with Crippen LogP contribution in [0, 0.1) is 5.92 Å². The molecule has 7 heteroatoms. The van der Waals surface area contributed by atoms with Crippen molar-refractivity contribution in [1.29, 1.82) is 0 Å². The molecule has 2 N–H and O–H groups in total. The first-order chi connectivity index (χ1) is 10.1. The van der Waals surface area contributed by atoms with Crippen molar-refractivity contribution in [2.75, 3.05) is 0 Å². The molecule has 7 nitrogen and oxygen atoms in total. The third-order valence-corrected chi connectivity index (χ3v) is 4.34. The second kappa shape index (κ2) is 5.48. The van der Waals surface area contributed by atoms with E-state index in [0.717, 1.165) is 17.4 Å². The molecule has 0 aliphatic heterocycles. The van der Waals surface area contributed by atoms with Crippen LogP contribution in [0.3, 0.4) is 0 Å². The Labute approximate surface area is 121 Å². The molecule has 3 rings (SSSR count). The average molecular weight is 292 g/mol. The van der Waals surface area contributed by atoms with Crippen LogP contribution in [0.1, 0.15) is 37.9 Å². The molecule has 1 aliphatic carbocycles. The summed E-state index contributed by atoms with van der Waals surface area (Å²) in [4.78, 5) is 31.5. The van der Waals surface area contributed by atoms with Gasteiger partial charge < -0.3 is 10.1 Å². The first-order valence-electron chi connectivity index (χ1n) is 7.41. The van der Waals surface area contributed by atoms with Gasteiger partial charge in [-0.2, -0.15) is 0 Å². The highest BCUT2D eigenvalue weighted by Crippen LogP contribution is 2.25. The van der Waals surface area contributed by atoms with E-state index in [1.807, 2.05) is 0 Å². The van der Waals surface area contributed by atoms with E-state index in [1.165, 1.54) is 26.3 Å². The molecule has 1 saturated carbocycles. The number of rotatable bonds is 3. The normalized spacial score (nSPS) is 16.7. The Morgan fingerprint density at radius 2 is 2.00 bits per heavy atom. The Balaban J connectivity index is 2.13. The minimum atomic E-state index is -0.401. The summed E-state index contributed by atoms with van der Waals surface area (Å²) in [5, 5.41) is 9.19. The number of aromatic amines is 1. The predicted octanol–water partition coefficient (Wildman–Crippen LogP) is 0.496. The fourth-order valence-electron chi connectivity index (χ4n) is 3.15. The van der Waals surface area contributed by atoms with Gasteiger partial charge >= 0.3 is 5.69 Å². The number of imidazole rings is 1. The summed E-state index contributed by atoms with van der Waals surface area (Å²) in [5.41, 5.74) is -0.0918. The highest BCUT2D eigenvalue weighted by molar-refractivity contribution is 5.69. The molecule has 0 radical (unpaired) electrons. The third kappa shape index (κ3) is 2.42. The van der Waals surface area contributed by atoms with Crippen LogP contribution < -0.4 is 11.2 Å². The fourth-order valence-corrected chi connectivity index (χ4v) is 3.15. The maximum Gasteiger partial charge on any atom is 0.332 e. The SMILES string of the molecule is Cn1c(=O)c2[nH]c(CO)nc2n(CC2CCCCC2)c1=O. The molecule has 0 bridgehead atoms. The molecule has 0 unspecified atom stereocenters. The van der Waals surface area contributed by atoms with Gasteiger partial charge in [-0.05, 0) is 18.8 Å². The first kappa shape index (κ1) is 14.1. The van der Waals surface area contributed by atoms with Crippen LogP contribution in [-0.4, -0.2) is 24.2 Å². The second-order valence-corrected chi connectivity index (χ2v) is 5.80. The van der Waals surface area contributed by atoms with Crippen molar-refractivity contribution < 1.29 is 5.11 Å². The van der Waals surface area contributed by atoms with Gasteiger partial charge in [0.05, 0.1) is 0 Å². The summed E-state index contributed by atoms with van der Waals surface area (Å²) in [6.07, 6.45) is 5.85. The molecule has 0 amide bonds. The smallest absolute Gasteiger partial charge is 0.332 e. The van der Waals surface area contributed by atoms with Gasteiger partial charge in [-0.15, -0.1) is 0 Å². The van der Waals surface area contributed by atoms with E-state index in [-0.39, 0.29) is 17.8 Å². The Bertz CT molecular complexity index is 765. The summed E-state index contributed by atoms with van der Waals surface area (Å²) >= 11 is 0. The highest BCUT2D eigenvalue weighted by Gasteiger charge is 2.20. The lowest BCUT2D eigenvalue weighted by molar-refractivity contribution is 0.272. The number of H-pyrrole nitrogens is 1. The van der Waals surface area contributed by atoms with E-state index >= 15 is 0 Å². The number of nitrogens with zero attached hydrogens (tertiary/aromatic N) is 3.